The number of likely N-dealkylation sites (tertiary alicyclic amines) is 1. The number of carbonyl (C=O) groups is 1. The fourth-order valence-corrected chi connectivity index (χ4v) is 5.82. The second-order valence-corrected chi connectivity index (χ2v) is 10.6. The average Bonchev–Trinajstić information content (AvgIpc) is 3.23. The van der Waals surface area contributed by atoms with Crippen molar-refractivity contribution in [1.82, 2.24) is 19.8 Å². The molecule has 5 rings (SSSR count). The first-order valence-corrected chi connectivity index (χ1v) is 13.1. The number of morpholine rings is 1. The number of nitrogens with one attached hydrogen (secondary N) is 1. The molecule has 1 aromatic carbocycles. The van der Waals surface area contributed by atoms with Crippen LogP contribution in [0.2, 0.25) is 0 Å². The van der Waals surface area contributed by atoms with E-state index in [9.17, 15) is 4.79 Å². The first kappa shape index (κ1) is 24.0. The van der Waals surface area contributed by atoms with Crippen molar-refractivity contribution in [1.29, 1.82) is 0 Å². The van der Waals surface area contributed by atoms with Crippen molar-refractivity contribution >= 4 is 16.8 Å². The van der Waals surface area contributed by atoms with Gasteiger partial charge in [-0.1, -0.05) is 19.9 Å². The Hall–Kier alpha value is -2.70. The topological polar surface area (TPSA) is 61.5 Å². The summed E-state index contributed by atoms with van der Waals surface area (Å²) in [6.45, 7) is 14.0. The number of pyridine rings is 1. The lowest BCUT2D eigenvalue weighted by Gasteiger charge is -2.35. The number of benzene rings is 1. The van der Waals surface area contributed by atoms with Crippen LogP contribution in [0.3, 0.4) is 0 Å². The predicted octanol–water partition coefficient (Wildman–Crippen LogP) is 5.01. The minimum absolute atomic E-state index is 0.257. The predicted molar refractivity (Wildman–Crippen MR) is 141 cm³/mol. The quantitative estimate of drug-likeness (QED) is 0.565. The van der Waals surface area contributed by atoms with Crippen LogP contribution in [0.5, 0.6) is 0 Å². The number of fused-ring (bicyclic) bond motifs is 1. The van der Waals surface area contributed by atoms with Gasteiger partial charge in [0, 0.05) is 60.0 Å². The second kappa shape index (κ2) is 10.1. The van der Waals surface area contributed by atoms with E-state index in [1.807, 2.05) is 0 Å². The molecule has 0 aliphatic carbocycles. The molecule has 35 heavy (non-hydrogen) atoms. The maximum atomic E-state index is 13.0. The van der Waals surface area contributed by atoms with Gasteiger partial charge in [-0.2, -0.15) is 0 Å². The van der Waals surface area contributed by atoms with Gasteiger partial charge in [0.15, 0.2) is 0 Å². The van der Waals surface area contributed by atoms with Gasteiger partial charge in [-0.3, -0.25) is 14.7 Å². The Balaban J connectivity index is 1.41. The number of piperidine rings is 1. The Morgan fingerprint density at radius 3 is 2.57 bits per heavy atom. The van der Waals surface area contributed by atoms with Gasteiger partial charge in [-0.25, -0.2) is 0 Å². The third-order valence-corrected chi connectivity index (χ3v) is 7.52. The maximum absolute atomic E-state index is 13.0. The molecule has 1 amide bonds. The van der Waals surface area contributed by atoms with Crippen molar-refractivity contribution in [2.75, 3.05) is 45.9 Å². The standard InChI is InChI=1S/C29H38N4O2/c1-19(2)28-25-16-22(7-8-26(25)31-29(28)24-14-20(3)30-21(4)15-24)23-6-5-9-33(17-23)27(34)18-32-10-12-35-13-11-32/h7-8,14-16,19,23,31H,5-6,9-13,17-18H2,1-4H3. The number of carbonyl (C=O) groups excluding carboxylic acids is 1. The first-order valence-electron chi connectivity index (χ1n) is 13.1. The fraction of sp³-hybridized carbons (Fsp3) is 0.517. The van der Waals surface area contributed by atoms with Crippen LogP contribution in [0.15, 0.2) is 30.3 Å². The van der Waals surface area contributed by atoms with E-state index in [1.165, 1.54) is 33.3 Å². The SMILES string of the molecule is Cc1cc(-c2[nH]c3ccc(C4CCCN(C(=O)CN5CCOCC5)C4)cc3c2C(C)C)cc(C)n1. The molecule has 0 bridgehead atoms. The zero-order valence-corrected chi connectivity index (χ0v) is 21.6. The number of nitrogens with zero attached hydrogens (tertiary/aromatic N) is 3. The molecule has 3 aromatic rings. The summed E-state index contributed by atoms with van der Waals surface area (Å²) >= 11 is 0. The Labute approximate surface area is 208 Å². The largest absolute Gasteiger partial charge is 0.379 e. The van der Waals surface area contributed by atoms with Gasteiger partial charge in [-0.05, 0) is 68.0 Å². The van der Waals surface area contributed by atoms with E-state index in [1.54, 1.807) is 0 Å². The number of ether oxygens (including phenoxy) is 1. The van der Waals surface area contributed by atoms with Crippen LogP contribution in [0.25, 0.3) is 22.2 Å². The zero-order chi connectivity index (χ0) is 24.5. The molecule has 1 atom stereocenters. The van der Waals surface area contributed by atoms with Crippen LogP contribution in [0, 0.1) is 13.8 Å². The molecule has 2 aliphatic rings. The normalized spacial score (nSPS) is 19.6. The fourth-order valence-electron chi connectivity index (χ4n) is 5.82. The highest BCUT2D eigenvalue weighted by Crippen LogP contribution is 2.38. The Bertz CT molecular complexity index is 1190. The van der Waals surface area contributed by atoms with Gasteiger partial charge >= 0.3 is 0 Å². The number of hydrogen-bond donors (Lipinski definition) is 1. The second-order valence-electron chi connectivity index (χ2n) is 10.6. The molecule has 6 heteroatoms. The van der Waals surface area contributed by atoms with Gasteiger partial charge in [0.2, 0.25) is 5.91 Å². The maximum Gasteiger partial charge on any atom is 0.236 e. The van der Waals surface area contributed by atoms with Crippen molar-refractivity contribution < 1.29 is 9.53 Å². The van der Waals surface area contributed by atoms with E-state index in [0.717, 1.165) is 63.6 Å². The summed E-state index contributed by atoms with van der Waals surface area (Å²) in [4.78, 5) is 25.6. The minimum Gasteiger partial charge on any atom is -0.379 e. The highest BCUT2D eigenvalue weighted by Gasteiger charge is 2.27. The van der Waals surface area contributed by atoms with Crippen molar-refractivity contribution in [2.45, 2.75) is 52.4 Å². The van der Waals surface area contributed by atoms with Gasteiger partial charge in [0.1, 0.15) is 0 Å². The molecule has 2 fully saturated rings. The number of hydrogen-bond acceptors (Lipinski definition) is 4. The van der Waals surface area contributed by atoms with Crippen LogP contribution >= 0.6 is 0 Å². The molecule has 0 saturated carbocycles. The van der Waals surface area contributed by atoms with Crippen LogP contribution in [0.1, 0.15) is 61.0 Å². The number of rotatable bonds is 5. The van der Waals surface area contributed by atoms with Crippen molar-refractivity contribution in [3.63, 3.8) is 0 Å². The molecule has 1 unspecified atom stereocenters. The molecule has 0 radical (unpaired) electrons. The number of H-pyrrole nitrogens is 1. The molecular formula is C29H38N4O2. The monoisotopic (exact) mass is 474 g/mol. The zero-order valence-electron chi connectivity index (χ0n) is 21.6. The smallest absolute Gasteiger partial charge is 0.236 e. The van der Waals surface area contributed by atoms with Crippen LogP contribution in [-0.4, -0.2) is 71.6 Å². The van der Waals surface area contributed by atoms with Gasteiger partial charge in [-0.15, -0.1) is 0 Å². The van der Waals surface area contributed by atoms with E-state index in [2.05, 4.69) is 77.8 Å². The van der Waals surface area contributed by atoms with E-state index in [0.29, 0.717) is 18.4 Å². The molecule has 2 saturated heterocycles. The lowest BCUT2D eigenvalue weighted by atomic mass is 9.88. The van der Waals surface area contributed by atoms with Crippen LogP contribution < -0.4 is 0 Å². The molecular weight excluding hydrogens is 436 g/mol. The van der Waals surface area contributed by atoms with E-state index in [-0.39, 0.29) is 5.91 Å². The summed E-state index contributed by atoms with van der Waals surface area (Å²) in [7, 11) is 0. The summed E-state index contributed by atoms with van der Waals surface area (Å²) in [6, 6.07) is 11.2. The Morgan fingerprint density at radius 1 is 1.11 bits per heavy atom. The number of aryl methyl sites for hydroxylation is 2. The van der Waals surface area contributed by atoms with Crippen LogP contribution in [0.4, 0.5) is 0 Å². The van der Waals surface area contributed by atoms with E-state index in [4.69, 9.17) is 4.74 Å². The number of amides is 1. The van der Waals surface area contributed by atoms with E-state index >= 15 is 0 Å². The molecule has 1 N–H and O–H groups in total. The van der Waals surface area contributed by atoms with E-state index < -0.39 is 0 Å². The lowest BCUT2D eigenvalue weighted by Crippen LogP contribution is -2.47. The minimum atomic E-state index is 0.257. The molecule has 2 aromatic heterocycles. The summed E-state index contributed by atoms with van der Waals surface area (Å²) in [5.41, 5.74) is 8.37. The molecule has 4 heterocycles. The molecule has 0 spiro atoms. The average molecular weight is 475 g/mol. The summed E-state index contributed by atoms with van der Waals surface area (Å²) in [5.74, 6) is 1.03. The van der Waals surface area contributed by atoms with Crippen molar-refractivity contribution in [3.8, 4) is 11.3 Å². The third kappa shape index (κ3) is 5.14. The lowest BCUT2D eigenvalue weighted by molar-refractivity contribution is -0.134. The highest BCUT2D eigenvalue weighted by atomic mass is 16.5. The van der Waals surface area contributed by atoms with Gasteiger partial charge in [0.05, 0.1) is 25.5 Å². The summed E-state index contributed by atoms with van der Waals surface area (Å²) in [5, 5.41) is 1.30. The van der Waals surface area contributed by atoms with Crippen molar-refractivity contribution in [3.05, 3.63) is 52.8 Å². The van der Waals surface area contributed by atoms with Crippen LogP contribution in [-0.2, 0) is 9.53 Å². The van der Waals surface area contributed by atoms with Crippen molar-refractivity contribution in [2.24, 2.45) is 0 Å². The number of aromatic nitrogens is 2. The highest BCUT2D eigenvalue weighted by molar-refractivity contribution is 5.92. The number of aromatic amines is 1. The Morgan fingerprint density at radius 2 is 1.86 bits per heavy atom. The summed E-state index contributed by atoms with van der Waals surface area (Å²) < 4.78 is 5.43. The molecule has 6 nitrogen and oxygen atoms in total. The molecule has 2 aliphatic heterocycles. The first-order chi connectivity index (χ1) is 16.9. The molecule has 186 valence electrons. The van der Waals surface area contributed by atoms with Gasteiger partial charge < -0.3 is 14.6 Å². The van der Waals surface area contributed by atoms with Gasteiger partial charge in [0.25, 0.3) is 0 Å². The summed E-state index contributed by atoms with van der Waals surface area (Å²) in [6.07, 6.45) is 2.19. The third-order valence-electron chi connectivity index (χ3n) is 7.52. The Kier molecular flexibility index (Phi) is 6.94.